The smallest absolute Gasteiger partial charge is 0.232 e. The van der Waals surface area contributed by atoms with Gasteiger partial charge >= 0.3 is 0 Å². The van der Waals surface area contributed by atoms with Crippen molar-refractivity contribution in [3.8, 4) is 0 Å². The number of carbonyl (C=O) groups is 1. The molecule has 1 amide bonds. The van der Waals surface area contributed by atoms with Gasteiger partial charge in [-0.15, -0.1) is 0 Å². The summed E-state index contributed by atoms with van der Waals surface area (Å²) in [6.45, 7) is 2.64. The summed E-state index contributed by atoms with van der Waals surface area (Å²) in [5.41, 5.74) is 2.24. The topological polar surface area (TPSA) is 66.5 Å². The van der Waals surface area contributed by atoms with Crippen molar-refractivity contribution in [2.75, 3.05) is 29.4 Å². The van der Waals surface area contributed by atoms with Crippen molar-refractivity contribution in [3.63, 3.8) is 0 Å². The van der Waals surface area contributed by atoms with E-state index in [4.69, 9.17) is 0 Å². The van der Waals surface area contributed by atoms with E-state index >= 15 is 0 Å². The monoisotopic (exact) mass is 438 g/mol. The van der Waals surface area contributed by atoms with Crippen LogP contribution in [0.5, 0.6) is 0 Å². The number of halogens is 1. The number of thioether (sulfide) groups is 1. The Morgan fingerprint density at radius 2 is 1.93 bits per heavy atom. The normalized spacial score (nSPS) is 11.3. The third kappa shape index (κ3) is 8.06. The van der Waals surface area contributed by atoms with Gasteiger partial charge in [0.25, 0.3) is 0 Å². The van der Waals surface area contributed by atoms with Crippen LogP contribution in [-0.2, 0) is 20.6 Å². The molecule has 158 valence electrons. The highest BCUT2D eigenvalue weighted by atomic mass is 32.2. The molecule has 0 unspecified atom stereocenters. The molecule has 5 nitrogen and oxygen atoms in total. The summed E-state index contributed by atoms with van der Waals surface area (Å²) < 4.78 is 39.1. The lowest BCUT2D eigenvalue weighted by Gasteiger charge is -2.22. The maximum absolute atomic E-state index is 13.5. The van der Waals surface area contributed by atoms with Crippen LogP contribution in [0, 0.1) is 12.7 Å². The first-order valence-corrected chi connectivity index (χ1v) is 12.4. The van der Waals surface area contributed by atoms with Crippen molar-refractivity contribution in [2.45, 2.75) is 25.5 Å². The molecule has 2 aromatic rings. The van der Waals surface area contributed by atoms with Crippen LogP contribution >= 0.6 is 11.8 Å². The summed E-state index contributed by atoms with van der Waals surface area (Å²) in [5, 5.41) is 2.82. The summed E-state index contributed by atoms with van der Waals surface area (Å²) in [6, 6.07) is 13.9. The molecule has 0 heterocycles. The van der Waals surface area contributed by atoms with Crippen LogP contribution in [-0.4, -0.2) is 39.4 Å². The molecule has 0 fully saturated rings. The fraction of sp³-hybridized carbons (Fsp3) is 0.381. The molecule has 8 heteroatoms. The van der Waals surface area contributed by atoms with Gasteiger partial charge < -0.3 is 5.32 Å². The molecular weight excluding hydrogens is 411 g/mol. The Kier molecular flexibility index (Phi) is 8.98. The number of aryl methyl sites for hydroxylation is 1. The van der Waals surface area contributed by atoms with Crippen LogP contribution in [0.25, 0.3) is 0 Å². The van der Waals surface area contributed by atoms with Crippen LogP contribution in [0.15, 0.2) is 48.5 Å². The van der Waals surface area contributed by atoms with Gasteiger partial charge in [0.2, 0.25) is 15.9 Å². The minimum Gasteiger partial charge on any atom is -0.355 e. The molecule has 0 bridgehead atoms. The van der Waals surface area contributed by atoms with E-state index in [0.717, 1.165) is 5.56 Å². The minimum atomic E-state index is -3.42. The second-order valence-corrected chi connectivity index (χ2v) is 9.78. The number of amides is 1. The molecule has 0 saturated heterocycles. The first kappa shape index (κ1) is 23.2. The van der Waals surface area contributed by atoms with Gasteiger partial charge in [-0.1, -0.05) is 30.3 Å². The van der Waals surface area contributed by atoms with Crippen molar-refractivity contribution in [1.82, 2.24) is 5.32 Å². The number of hydrogen-bond acceptors (Lipinski definition) is 4. The second-order valence-electron chi connectivity index (χ2n) is 6.77. The van der Waals surface area contributed by atoms with Crippen molar-refractivity contribution in [3.05, 3.63) is 65.5 Å². The molecule has 2 aromatic carbocycles. The van der Waals surface area contributed by atoms with Gasteiger partial charge in [0.1, 0.15) is 5.82 Å². The molecular formula is C21H27FN2O3S2. The fourth-order valence-corrected chi connectivity index (χ4v) is 4.60. The third-order valence-electron chi connectivity index (χ3n) is 4.24. The first-order chi connectivity index (χ1) is 13.8. The summed E-state index contributed by atoms with van der Waals surface area (Å²) in [4.78, 5) is 12.0. The van der Waals surface area contributed by atoms with Gasteiger partial charge in [-0.05, 0) is 42.7 Å². The number of hydrogen-bond donors (Lipinski definition) is 1. The van der Waals surface area contributed by atoms with Gasteiger partial charge in [0, 0.05) is 31.0 Å². The maximum Gasteiger partial charge on any atom is 0.232 e. The number of carbonyl (C=O) groups excluding carboxylic acids is 1. The third-order valence-corrected chi connectivity index (χ3v) is 6.44. The van der Waals surface area contributed by atoms with Gasteiger partial charge in [-0.3, -0.25) is 9.10 Å². The highest BCUT2D eigenvalue weighted by Gasteiger charge is 2.17. The van der Waals surface area contributed by atoms with Crippen LogP contribution in [0.2, 0.25) is 0 Å². The standard InChI is InChI=1S/C21H27FN2O3S2/c1-17-7-5-9-19(15-17)24(29(2,26)27)13-6-11-21(25)23-12-14-28-16-18-8-3-4-10-20(18)22/h3-5,7-10,15H,6,11-14,16H2,1-2H3,(H,23,25). The number of benzene rings is 2. The molecule has 29 heavy (non-hydrogen) atoms. The molecule has 2 rings (SSSR count). The lowest BCUT2D eigenvalue weighted by atomic mass is 10.2. The summed E-state index contributed by atoms with van der Waals surface area (Å²) in [6.07, 6.45) is 1.84. The Hall–Kier alpha value is -2.06. The number of nitrogens with one attached hydrogen (secondary N) is 1. The van der Waals surface area contributed by atoms with Gasteiger partial charge in [-0.25, -0.2) is 12.8 Å². The van der Waals surface area contributed by atoms with Crippen molar-refractivity contribution >= 4 is 33.4 Å². The molecule has 0 atom stereocenters. The van der Waals surface area contributed by atoms with Crippen LogP contribution in [0.1, 0.15) is 24.0 Å². The van der Waals surface area contributed by atoms with Crippen LogP contribution in [0.4, 0.5) is 10.1 Å². The molecule has 0 aliphatic carbocycles. The lowest BCUT2D eigenvalue weighted by molar-refractivity contribution is -0.121. The average Bonchev–Trinajstić information content (AvgIpc) is 2.65. The predicted octanol–water partition coefficient (Wildman–Crippen LogP) is 3.73. The fourth-order valence-electron chi connectivity index (χ4n) is 2.80. The quantitative estimate of drug-likeness (QED) is 0.543. The van der Waals surface area contributed by atoms with Crippen molar-refractivity contribution in [2.24, 2.45) is 0 Å². The van der Waals surface area contributed by atoms with E-state index < -0.39 is 10.0 Å². The van der Waals surface area contributed by atoms with Gasteiger partial charge in [0.15, 0.2) is 0 Å². The molecule has 0 radical (unpaired) electrons. The van der Waals surface area contributed by atoms with Crippen molar-refractivity contribution in [1.29, 1.82) is 0 Å². The van der Waals surface area contributed by atoms with E-state index in [2.05, 4.69) is 5.32 Å². The lowest BCUT2D eigenvalue weighted by Crippen LogP contribution is -2.32. The van der Waals surface area contributed by atoms with Crippen molar-refractivity contribution < 1.29 is 17.6 Å². The van der Waals surface area contributed by atoms with Crippen LogP contribution in [0.3, 0.4) is 0 Å². The van der Waals surface area contributed by atoms with E-state index in [0.29, 0.717) is 35.7 Å². The van der Waals surface area contributed by atoms with E-state index in [9.17, 15) is 17.6 Å². The number of nitrogens with zero attached hydrogens (tertiary/aromatic N) is 1. The Balaban J connectivity index is 1.70. The minimum absolute atomic E-state index is 0.116. The zero-order valence-electron chi connectivity index (χ0n) is 16.7. The Morgan fingerprint density at radius 1 is 1.17 bits per heavy atom. The van der Waals surface area contributed by atoms with Gasteiger partial charge in [-0.2, -0.15) is 11.8 Å². The SMILES string of the molecule is Cc1cccc(N(CCCC(=O)NCCSCc2ccccc2F)S(C)(=O)=O)c1. The zero-order valence-corrected chi connectivity index (χ0v) is 18.4. The molecule has 0 aliphatic heterocycles. The van der Waals surface area contributed by atoms with E-state index in [-0.39, 0.29) is 24.7 Å². The maximum atomic E-state index is 13.5. The molecule has 0 aliphatic rings. The summed E-state index contributed by atoms with van der Waals surface area (Å²) in [5.74, 6) is 0.906. The predicted molar refractivity (Wildman–Crippen MR) is 118 cm³/mol. The number of rotatable bonds is 11. The Labute approximate surface area is 176 Å². The summed E-state index contributed by atoms with van der Waals surface area (Å²) >= 11 is 1.55. The van der Waals surface area contributed by atoms with Crippen LogP contribution < -0.4 is 9.62 Å². The largest absolute Gasteiger partial charge is 0.355 e. The van der Waals surface area contributed by atoms with E-state index in [1.54, 1.807) is 36.0 Å². The molecule has 0 spiro atoms. The van der Waals surface area contributed by atoms with E-state index in [1.807, 2.05) is 25.1 Å². The van der Waals surface area contributed by atoms with Gasteiger partial charge in [0.05, 0.1) is 11.9 Å². The Bertz CT molecular complexity index is 920. The molecule has 1 N–H and O–H groups in total. The second kappa shape index (κ2) is 11.2. The molecule has 0 aromatic heterocycles. The highest BCUT2D eigenvalue weighted by molar-refractivity contribution is 7.98. The molecule has 0 saturated carbocycles. The summed E-state index contributed by atoms with van der Waals surface area (Å²) in [7, 11) is -3.42. The highest BCUT2D eigenvalue weighted by Crippen LogP contribution is 2.19. The first-order valence-electron chi connectivity index (χ1n) is 9.39. The Morgan fingerprint density at radius 3 is 2.62 bits per heavy atom. The number of sulfonamides is 1. The number of anilines is 1. The zero-order chi connectivity index (χ0) is 21.3. The average molecular weight is 439 g/mol. The van der Waals surface area contributed by atoms with E-state index in [1.165, 1.54) is 16.6 Å².